The molecule has 0 spiro atoms. The molecule has 1 fully saturated rings. The zero-order chi connectivity index (χ0) is 16.2. The van der Waals surface area contributed by atoms with Gasteiger partial charge in [-0.3, -0.25) is 4.79 Å². The number of fused-ring (bicyclic) bond motifs is 1. The molecule has 1 atom stereocenters. The molecule has 1 aliphatic heterocycles. The molecular weight excluding hydrogens is 310 g/mol. The lowest BCUT2D eigenvalue weighted by Gasteiger charge is -2.29. The zero-order valence-electron chi connectivity index (χ0n) is 13.6. The van der Waals surface area contributed by atoms with Gasteiger partial charge in [0.2, 0.25) is 0 Å². The van der Waals surface area contributed by atoms with Gasteiger partial charge >= 0.3 is 0 Å². The SMILES string of the molecule is CC(CNC(=O)c1cc2ccc(Cl)cc2[nH]1)CN1CCCCC1. The number of rotatable bonds is 5. The Morgan fingerprint density at radius 1 is 1.30 bits per heavy atom. The second kappa shape index (κ2) is 7.37. The van der Waals surface area contributed by atoms with Gasteiger partial charge in [0.15, 0.2) is 0 Å². The summed E-state index contributed by atoms with van der Waals surface area (Å²) in [4.78, 5) is 17.9. The summed E-state index contributed by atoms with van der Waals surface area (Å²) in [7, 11) is 0. The number of aromatic nitrogens is 1. The highest BCUT2D eigenvalue weighted by molar-refractivity contribution is 6.31. The lowest BCUT2D eigenvalue weighted by atomic mass is 10.1. The zero-order valence-corrected chi connectivity index (χ0v) is 14.3. The number of carbonyl (C=O) groups is 1. The molecule has 2 N–H and O–H groups in total. The van der Waals surface area contributed by atoms with Crippen LogP contribution in [0, 0.1) is 5.92 Å². The van der Waals surface area contributed by atoms with Crippen LogP contribution in [0.4, 0.5) is 0 Å². The molecule has 1 unspecified atom stereocenters. The van der Waals surface area contributed by atoms with Crippen molar-refractivity contribution < 1.29 is 4.79 Å². The number of nitrogens with zero attached hydrogens (tertiary/aromatic N) is 1. The first-order chi connectivity index (χ1) is 11.1. The van der Waals surface area contributed by atoms with E-state index in [1.165, 1.54) is 32.4 Å². The maximum absolute atomic E-state index is 12.3. The van der Waals surface area contributed by atoms with Crippen LogP contribution in [0.1, 0.15) is 36.7 Å². The fraction of sp³-hybridized carbons (Fsp3) is 0.500. The van der Waals surface area contributed by atoms with Gasteiger partial charge in [-0.15, -0.1) is 0 Å². The highest BCUT2D eigenvalue weighted by Crippen LogP contribution is 2.20. The topological polar surface area (TPSA) is 48.1 Å². The van der Waals surface area contributed by atoms with Crippen LogP contribution < -0.4 is 5.32 Å². The Morgan fingerprint density at radius 3 is 2.87 bits per heavy atom. The summed E-state index contributed by atoms with van der Waals surface area (Å²) in [5.41, 5.74) is 1.48. The smallest absolute Gasteiger partial charge is 0.267 e. The first-order valence-corrected chi connectivity index (χ1v) is 8.78. The molecule has 5 heteroatoms. The lowest BCUT2D eigenvalue weighted by molar-refractivity contribution is 0.0938. The van der Waals surface area contributed by atoms with Crippen molar-refractivity contribution >= 4 is 28.4 Å². The molecular formula is C18H24ClN3O. The molecule has 23 heavy (non-hydrogen) atoms. The molecule has 0 radical (unpaired) electrons. The van der Waals surface area contributed by atoms with Gasteiger partial charge in [-0.2, -0.15) is 0 Å². The first kappa shape index (κ1) is 16.3. The standard InChI is InChI=1S/C18H24ClN3O/c1-13(12-22-7-3-2-4-8-22)11-20-18(23)17-9-14-5-6-15(19)10-16(14)21-17/h5-6,9-10,13,21H,2-4,7-8,11-12H2,1H3,(H,20,23). The Morgan fingerprint density at radius 2 is 2.09 bits per heavy atom. The Kier molecular flexibility index (Phi) is 5.23. The minimum atomic E-state index is -0.0529. The summed E-state index contributed by atoms with van der Waals surface area (Å²) in [6.07, 6.45) is 3.96. The molecule has 0 bridgehead atoms. The van der Waals surface area contributed by atoms with Gasteiger partial charge in [0.1, 0.15) is 5.69 Å². The van der Waals surface area contributed by atoms with Crippen molar-refractivity contribution in [3.05, 3.63) is 35.0 Å². The van der Waals surface area contributed by atoms with Crippen LogP contribution in [0.5, 0.6) is 0 Å². The van der Waals surface area contributed by atoms with Crippen molar-refractivity contribution in [2.24, 2.45) is 5.92 Å². The third kappa shape index (κ3) is 4.27. The summed E-state index contributed by atoms with van der Waals surface area (Å²) in [5, 5.41) is 4.70. The number of benzene rings is 1. The molecule has 0 saturated carbocycles. The number of piperidine rings is 1. The molecule has 1 aliphatic rings. The number of aromatic amines is 1. The molecule has 2 heterocycles. The quantitative estimate of drug-likeness (QED) is 0.877. The van der Waals surface area contributed by atoms with Gasteiger partial charge in [-0.05, 0) is 50.0 Å². The van der Waals surface area contributed by atoms with E-state index >= 15 is 0 Å². The number of hydrogen-bond donors (Lipinski definition) is 2. The molecule has 1 amide bonds. The fourth-order valence-electron chi connectivity index (χ4n) is 3.23. The van der Waals surface area contributed by atoms with Crippen LogP contribution >= 0.6 is 11.6 Å². The fourth-order valence-corrected chi connectivity index (χ4v) is 3.40. The van der Waals surface area contributed by atoms with Crippen LogP contribution in [0.3, 0.4) is 0 Å². The van der Waals surface area contributed by atoms with Crippen LogP contribution in [0.15, 0.2) is 24.3 Å². The highest BCUT2D eigenvalue weighted by atomic mass is 35.5. The monoisotopic (exact) mass is 333 g/mol. The molecule has 3 rings (SSSR count). The predicted molar refractivity (Wildman–Crippen MR) is 95.1 cm³/mol. The summed E-state index contributed by atoms with van der Waals surface area (Å²) < 4.78 is 0. The number of halogens is 1. The van der Waals surface area contributed by atoms with Gasteiger partial charge in [0, 0.05) is 29.0 Å². The van der Waals surface area contributed by atoms with E-state index in [1.54, 1.807) is 0 Å². The molecule has 1 saturated heterocycles. The molecule has 1 aromatic heterocycles. The number of amides is 1. The Bertz CT molecular complexity index is 676. The molecule has 124 valence electrons. The molecule has 0 aliphatic carbocycles. The lowest BCUT2D eigenvalue weighted by Crippen LogP contribution is -2.38. The van der Waals surface area contributed by atoms with E-state index in [0.29, 0.717) is 23.2 Å². The average molecular weight is 334 g/mol. The number of carbonyl (C=O) groups excluding carboxylic acids is 1. The van der Waals surface area contributed by atoms with E-state index in [2.05, 4.69) is 22.1 Å². The van der Waals surface area contributed by atoms with E-state index in [4.69, 9.17) is 11.6 Å². The van der Waals surface area contributed by atoms with E-state index < -0.39 is 0 Å². The normalized spacial score (nSPS) is 17.3. The second-order valence-electron chi connectivity index (χ2n) is 6.59. The number of hydrogen-bond acceptors (Lipinski definition) is 2. The van der Waals surface area contributed by atoms with Crippen LogP contribution in [-0.4, -0.2) is 42.0 Å². The number of likely N-dealkylation sites (tertiary alicyclic amines) is 1. The average Bonchev–Trinajstić information content (AvgIpc) is 2.96. The summed E-state index contributed by atoms with van der Waals surface area (Å²) in [5.74, 6) is 0.402. The van der Waals surface area contributed by atoms with Gasteiger partial charge in [0.05, 0.1) is 0 Å². The third-order valence-electron chi connectivity index (χ3n) is 4.46. The van der Waals surface area contributed by atoms with E-state index in [-0.39, 0.29) is 5.91 Å². The Labute approximate surface area is 142 Å². The molecule has 2 aromatic rings. The minimum absolute atomic E-state index is 0.0529. The van der Waals surface area contributed by atoms with E-state index in [0.717, 1.165) is 17.4 Å². The highest BCUT2D eigenvalue weighted by Gasteiger charge is 2.15. The van der Waals surface area contributed by atoms with E-state index in [1.807, 2.05) is 24.3 Å². The van der Waals surface area contributed by atoms with Crippen molar-refractivity contribution in [2.45, 2.75) is 26.2 Å². The Hall–Kier alpha value is -1.52. The minimum Gasteiger partial charge on any atom is -0.350 e. The number of H-pyrrole nitrogens is 1. The van der Waals surface area contributed by atoms with Gasteiger partial charge in [-0.25, -0.2) is 0 Å². The van der Waals surface area contributed by atoms with Crippen molar-refractivity contribution in [3.8, 4) is 0 Å². The van der Waals surface area contributed by atoms with E-state index in [9.17, 15) is 4.79 Å². The number of nitrogens with one attached hydrogen (secondary N) is 2. The van der Waals surface area contributed by atoms with Gasteiger partial charge < -0.3 is 15.2 Å². The predicted octanol–water partition coefficient (Wildman–Crippen LogP) is 3.67. The molecule has 4 nitrogen and oxygen atoms in total. The maximum Gasteiger partial charge on any atom is 0.267 e. The van der Waals surface area contributed by atoms with Crippen LogP contribution in [0.2, 0.25) is 5.02 Å². The van der Waals surface area contributed by atoms with Gasteiger partial charge in [0.25, 0.3) is 5.91 Å². The molecule has 1 aromatic carbocycles. The second-order valence-corrected chi connectivity index (χ2v) is 7.03. The van der Waals surface area contributed by atoms with Crippen molar-refractivity contribution in [1.82, 2.24) is 15.2 Å². The first-order valence-electron chi connectivity index (χ1n) is 8.40. The Balaban J connectivity index is 1.53. The van der Waals surface area contributed by atoms with Crippen molar-refractivity contribution in [1.29, 1.82) is 0 Å². The summed E-state index contributed by atoms with van der Waals surface area (Å²) in [6, 6.07) is 7.47. The van der Waals surface area contributed by atoms with Gasteiger partial charge in [-0.1, -0.05) is 31.0 Å². The maximum atomic E-state index is 12.3. The summed E-state index contributed by atoms with van der Waals surface area (Å²) in [6.45, 7) is 6.34. The largest absolute Gasteiger partial charge is 0.350 e. The van der Waals surface area contributed by atoms with Crippen LogP contribution in [0.25, 0.3) is 10.9 Å². The van der Waals surface area contributed by atoms with Crippen LogP contribution in [-0.2, 0) is 0 Å². The summed E-state index contributed by atoms with van der Waals surface area (Å²) >= 11 is 5.98. The third-order valence-corrected chi connectivity index (χ3v) is 4.69. The van der Waals surface area contributed by atoms with Crippen molar-refractivity contribution in [3.63, 3.8) is 0 Å². The van der Waals surface area contributed by atoms with Crippen molar-refractivity contribution in [2.75, 3.05) is 26.2 Å².